The fourth-order valence-electron chi connectivity index (χ4n) is 1.91. The lowest BCUT2D eigenvalue weighted by Gasteiger charge is -2.24. The highest BCUT2D eigenvalue weighted by Gasteiger charge is 2.32. The van der Waals surface area contributed by atoms with E-state index in [4.69, 9.17) is 9.26 Å². The number of aromatic nitrogens is 2. The molecule has 1 saturated carbocycles. The van der Waals surface area contributed by atoms with E-state index in [0.717, 1.165) is 12.8 Å². The summed E-state index contributed by atoms with van der Waals surface area (Å²) in [6, 6.07) is -0.524. The zero-order valence-corrected chi connectivity index (χ0v) is 12.9. The molecule has 0 saturated heterocycles. The maximum atomic E-state index is 11.8. The molecule has 7 nitrogen and oxygen atoms in total. The molecule has 1 fully saturated rings. The second-order valence-corrected chi connectivity index (χ2v) is 6.37. The molecule has 1 amide bonds. The molecule has 0 spiro atoms. The SMILES string of the molecule is CCC(NC(=O)OC(C)(C)C)[C@H](O)c1noc(C2CC2)n1. The van der Waals surface area contributed by atoms with Gasteiger partial charge in [-0.25, -0.2) is 4.79 Å². The lowest BCUT2D eigenvalue weighted by molar-refractivity contribution is 0.0406. The van der Waals surface area contributed by atoms with Crippen LogP contribution in [-0.2, 0) is 4.74 Å². The summed E-state index contributed by atoms with van der Waals surface area (Å²) in [6.45, 7) is 7.20. The van der Waals surface area contributed by atoms with E-state index in [0.29, 0.717) is 18.2 Å². The summed E-state index contributed by atoms with van der Waals surface area (Å²) in [4.78, 5) is 16.0. The summed E-state index contributed by atoms with van der Waals surface area (Å²) < 4.78 is 10.3. The molecule has 1 aromatic rings. The molecule has 0 aromatic carbocycles. The fraction of sp³-hybridized carbons (Fsp3) is 0.786. The number of rotatable bonds is 5. The van der Waals surface area contributed by atoms with Gasteiger partial charge in [0.05, 0.1) is 6.04 Å². The van der Waals surface area contributed by atoms with Crippen molar-refractivity contribution in [1.82, 2.24) is 15.5 Å². The Kier molecular flexibility index (Phi) is 4.51. The Balaban J connectivity index is 1.96. The number of carbonyl (C=O) groups is 1. The molecule has 2 atom stereocenters. The van der Waals surface area contributed by atoms with Crippen LogP contribution in [0.3, 0.4) is 0 Å². The maximum Gasteiger partial charge on any atom is 0.407 e. The van der Waals surface area contributed by atoms with Gasteiger partial charge in [0.2, 0.25) is 11.7 Å². The Hall–Kier alpha value is -1.63. The molecule has 1 aliphatic rings. The van der Waals surface area contributed by atoms with Crippen LogP contribution in [0.4, 0.5) is 4.79 Å². The van der Waals surface area contributed by atoms with Crippen molar-refractivity contribution in [2.75, 3.05) is 0 Å². The third-order valence-corrected chi connectivity index (χ3v) is 3.17. The molecule has 0 radical (unpaired) electrons. The number of nitrogens with one attached hydrogen (secondary N) is 1. The van der Waals surface area contributed by atoms with E-state index in [-0.39, 0.29) is 5.82 Å². The first-order valence-electron chi connectivity index (χ1n) is 7.31. The summed E-state index contributed by atoms with van der Waals surface area (Å²) in [5.41, 5.74) is -0.585. The molecule has 1 heterocycles. The topological polar surface area (TPSA) is 97.5 Å². The first kappa shape index (κ1) is 15.8. The van der Waals surface area contributed by atoms with E-state index in [9.17, 15) is 9.90 Å². The Bertz CT molecular complexity index is 491. The van der Waals surface area contributed by atoms with Crippen LogP contribution in [0.15, 0.2) is 4.52 Å². The van der Waals surface area contributed by atoms with Gasteiger partial charge < -0.3 is 19.7 Å². The summed E-state index contributed by atoms with van der Waals surface area (Å²) in [5, 5.41) is 16.7. The predicted octanol–water partition coefficient (Wildman–Crippen LogP) is 2.28. The average Bonchev–Trinajstić information content (AvgIpc) is 3.11. The van der Waals surface area contributed by atoms with Crippen LogP contribution in [0.1, 0.15) is 70.7 Å². The van der Waals surface area contributed by atoms with Gasteiger partial charge in [0.1, 0.15) is 11.7 Å². The molecule has 2 rings (SSSR count). The Labute approximate surface area is 124 Å². The molecule has 21 heavy (non-hydrogen) atoms. The minimum atomic E-state index is -1.02. The molecule has 1 unspecified atom stereocenters. The molecule has 118 valence electrons. The van der Waals surface area contributed by atoms with E-state index >= 15 is 0 Å². The number of hydrogen-bond donors (Lipinski definition) is 2. The van der Waals surface area contributed by atoms with Crippen LogP contribution < -0.4 is 5.32 Å². The highest BCUT2D eigenvalue weighted by molar-refractivity contribution is 5.68. The number of nitrogens with zero attached hydrogens (tertiary/aromatic N) is 2. The monoisotopic (exact) mass is 297 g/mol. The number of hydrogen-bond acceptors (Lipinski definition) is 6. The van der Waals surface area contributed by atoms with Crippen molar-refractivity contribution in [3.05, 3.63) is 11.7 Å². The third kappa shape index (κ3) is 4.42. The standard InChI is InChI=1S/C14H23N3O4/c1-5-9(15-13(19)20-14(2,3)4)10(18)11-16-12(21-17-11)8-6-7-8/h8-10,18H,5-7H2,1-4H3,(H,15,19)/t9?,10-/m0/s1. The first-order chi connectivity index (χ1) is 9.80. The van der Waals surface area contributed by atoms with E-state index in [1.807, 2.05) is 6.92 Å². The third-order valence-electron chi connectivity index (χ3n) is 3.17. The van der Waals surface area contributed by atoms with Gasteiger partial charge in [0.25, 0.3) is 0 Å². The van der Waals surface area contributed by atoms with Crippen molar-refractivity contribution in [2.45, 2.75) is 70.6 Å². The lowest BCUT2D eigenvalue weighted by atomic mass is 10.1. The van der Waals surface area contributed by atoms with E-state index in [1.165, 1.54) is 0 Å². The zero-order valence-electron chi connectivity index (χ0n) is 12.9. The van der Waals surface area contributed by atoms with E-state index in [2.05, 4.69) is 15.5 Å². The van der Waals surface area contributed by atoms with Gasteiger partial charge in [-0.05, 0) is 40.0 Å². The number of aliphatic hydroxyl groups is 1. The molecule has 0 aliphatic heterocycles. The smallest absolute Gasteiger partial charge is 0.407 e. The highest BCUT2D eigenvalue weighted by atomic mass is 16.6. The average molecular weight is 297 g/mol. The zero-order chi connectivity index (χ0) is 15.6. The van der Waals surface area contributed by atoms with Crippen LogP contribution in [0, 0.1) is 0 Å². The second kappa shape index (κ2) is 6.01. The second-order valence-electron chi connectivity index (χ2n) is 6.37. The van der Waals surface area contributed by atoms with Crippen molar-refractivity contribution < 1.29 is 19.2 Å². The Morgan fingerprint density at radius 2 is 2.19 bits per heavy atom. The molecule has 7 heteroatoms. The van der Waals surface area contributed by atoms with Gasteiger partial charge in [-0.2, -0.15) is 4.98 Å². The number of ether oxygens (including phenoxy) is 1. The quantitative estimate of drug-likeness (QED) is 0.865. The van der Waals surface area contributed by atoms with Crippen molar-refractivity contribution in [3.63, 3.8) is 0 Å². The minimum Gasteiger partial charge on any atom is -0.444 e. The van der Waals surface area contributed by atoms with Gasteiger partial charge in [-0.1, -0.05) is 12.1 Å². The molecule has 1 aliphatic carbocycles. The highest BCUT2D eigenvalue weighted by Crippen LogP contribution is 2.39. The number of amides is 1. The van der Waals surface area contributed by atoms with Crippen molar-refractivity contribution in [2.24, 2.45) is 0 Å². The van der Waals surface area contributed by atoms with Gasteiger partial charge in [0.15, 0.2) is 0 Å². The van der Waals surface area contributed by atoms with Gasteiger partial charge in [-0.3, -0.25) is 0 Å². The van der Waals surface area contributed by atoms with Crippen LogP contribution >= 0.6 is 0 Å². The Morgan fingerprint density at radius 3 is 2.71 bits per heavy atom. The number of aliphatic hydroxyl groups excluding tert-OH is 1. The van der Waals surface area contributed by atoms with Gasteiger partial charge in [-0.15, -0.1) is 0 Å². The largest absolute Gasteiger partial charge is 0.444 e. The number of alkyl carbamates (subject to hydrolysis) is 1. The molecule has 0 bridgehead atoms. The fourth-order valence-corrected chi connectivity index (χ4v) is 1.91. The minimum absolute atomic E-state index is 0.208. The van der Waals surface area contributed by atoms with Crippen LogP contribution in [-0.4, -0.2) is 33.0 Å². The predicted molar refractivity (Wildman–Crippen MR) is 74.7 cm³/mol. The maximum absolute atomic E-state index is 11.8. The van der Waals surface area contributed by atoms with Crippen LogP contribution in [0.5, 0.6) is 0 Å². The summed E-state index contributed by atoms with van der Waals surface area (Å²) in [6.07, 6.45) is 1.03. The summed E-state index contributed by atoms with van der Waals surface area (Å²) >= 11 is 0. The molecule has 1 aromatic heterocycles. The molecular formula is C14H23N3O4. The molecular weight excluding hydrogens is 274 g/mol. The van der Waals surface area contributed by atoms with Gasteiger partial charge >= 0.3 is 6.09 Å². The van der Waals surface area contributed by atoms with Crippen LogP contribution in [0.2, 0.25) is 0 Å². The Morgan fingerprint density at radius 1 is 1.52 bits per heavy atom. The van der Waals surface area contributed by atoms with Crippen molar-refractivity contribution >= 4 is 6.09 Å². The van der Waals surface area contributed by atoms with Crippen molar-refractivity contribution in [1.29, 1.82) is 0 Å². The van der Waals surface area contributed by atoms with Crippen molar-refractivity contribution in [3.8, 4) is 0 Å². The molecule has 2 N–H and O–H groups in total. The number of carbonyl (C=O) groups excluding carboxylic acids is 1. The van der Waals surface area contributed by atoms with Gasteiger partial charge in [0, 0.05) is 5.92 Å². The summed E-state index contributed by atoms with van der Waals surface area (Å²) in [5.74, 6) is 1.10. The van der Waals surface area contributed by atoms with E-state index < -0.39 is 23.8 Å². The van der Waals surface area contributed by atoms with Crippen LogP contribution in [0.25, 0.3) is 0 Å². The van der Waals surface area contributed by atoms with E-state index in [1.54, 1.807) is 20.8 Å². The normalized spacial score (nSPS) is 18.1. The summed E-state index contributed by atoms with van der Waals surface area (Å²) in [7, 11) is 0. The first-order valence-corrected chi connectivity index (χ1v) is 7.31. The lowest BCUT2D eigenvalue weighted by Crippen LogP contribution is -2.42.